The van der Waals surface area contributed by atoms with Crippen molar-refractivity contribution in [2.24, 2.45) is 12.0 Å². The van der Waals surface area contributed by atoms with Crippen LogP contribution in [0, 0.1) is 13.8 Å². The number of nitrogens with one attached hydrogen (secondary N) is 2. The summed E-state index contributed by atoms with van der Waals surface area (Å²) in [5, 5.41) is 15.8. The summed E-state index contributed by atoms with van der Waals surface area (Å²) in [6.07, 6.45) is 4.69. The fourth-order valence-corrected chi connectivity index (χ4v) is 3.53. The Kier molecular flexibility index (Phi) is 6.69. The van der Waals surface area contributed by atoms with E-state index < -0.39 is 0 Å². The maximum atomic E-state index is 4.52. The van der Waals surface area contributed by atoms with Crippen LogP contribution in [0.4, 0.5) is 0 Å². The second-order valence-corrected chi connectivity index (χ2v) is 7.42. The van der Waals surface area contributed by atoms with Gasteiger partial charge in [0.1, 0.15) is 0 Å². The van der Waals surface area contributed by atoms with E-state index in [1.165, 1.54) is 22.4 Å². The number of benzene rings is 1. The van der Waals surface area contributed by atoms with Gasteiger partial charge in [-0.2, -0.15) is 10.2 Å². The van der Waals surface area contributed by atoms with Crippen LogP contribution in [0.2, 0.25) is 0 Å². The number of aryl methyl sites for hydroxylation is 2. The Morgan fingerprint density at radius 3 is 2.55 bits per heavy atom. The van der Waals surface area contributed by atoms with Gasteiger partial charge in [0.2, 0.25) is 0 Å². The summed E-state index contributed by atoms with van der Waals surface area (Å²) >= 11 is 0. The number of rotatable bonds is 7. The molecular weight excluding hydrogens is 362 g/mol. The van der Waals surface area contributed by atoms with Gasteiger partial charge in [0.25, 0.3) is 0 Å². The van der Waals surface area contributed by atoms with Gasteiger partial charge in [0.15, 0.2) is 5.96 Å². The molecule has 2 heterocycles. The molecule has 2 N–H and O–H groups in total. The highest BCUT2D eigenvalue weighted by molar-refractivity contribution is 5.80. The van der Waals surface area contributed by atoms with Gasteiger partial charge in [-0.05, 0) is 49.9 Å². The van der Waals surface area contributed by atoms with Crippen LogP contribution in [0.1, 0.15) is 35.0 Å². The maximum Gasteiger partial charge on any atom is 0.191 e. The van der Waals surface area contributed by atoms with E-state index in [2.05, 4.69) is 70.9 Å². The van der Waals surface area contributed by atoms with Crippen molar-refractivity contribution in [3.63, 3.8) is 0 Å². The lowest BCUT2D eigenvalue weighted by Crippen LogP contribution is -2.43. The monoisotopic (exact) mass is 393 g/mol. The van der Waals surface area contributed by atoms with Crippen LogP contribution in [0.5, 0.6) is 0 Å². The van der Waals surface area contributed by atoms with E-state index in [-0.39, 0.29) is 6.04 Å². The number of guanidine groups is 1. The van der Waals surface area contributed by atoms with Crippen LogP contribution in [-0.2, 0) is 26.6 Å². The Hall–Kier alpha value is -3.09. The number of aliphatic imine (C=N–C) groups is 1. The average molecular weight is 394 g/mol. The van der Waals surface area contributed by atoms with Crippen molar-refractivity contribution in [1.29, 1.82) is 0 Å². The molecular formula is C22H31N7. The molecule has 3 rings (SSSR count). The minimum atomic E-state index is 0.238. The topological polar surface area (TPSA) is 72.1 Å². The Morgan fingerprint density at radius 1 is 1.17 bits per heavy atom. The number of hydrogen-bond acceptors (Lipinski definition) is 3. The third-order valence-electron chi connectivity index (χ3n) is 5.23. The van der Waals surface area contributed by atoms with Crippen molar-refractivity contribution in [2.45, 2.75) is 46.3 Å². The summed E-state index contributed by atoms with van der Waals surface area (Å²) in [7, 11) is 3.80. The van der Waals surface area contributed by atoms with Gasteiger partial charge >= 0.3 is 0 Å². The molecule has 0 saturated carbocycles. The molecule has 0 saturated heterocycles. The third kappa shape index (κ3) is 5.25. The molecule has 7 nitrogen and oxygen atoms in total. The highest BCUT2D eigenvalue weighted by Crippen LogP contribution is 2.14. The van der Waals surface area contributed by atoms with Gasteiger partial charge in [0, 0.05) is 44.8 Å². The average Bonchev–Trinajstić information content (AvgIpc) is 3.30. The van der Waals surface area contributed by atoms with E-state index in [0.717, 1.165) is 24.6 Å². The first-order valence-electron chi connectivity index (χ1n) is 9.98. The van der Waals surface area contributed by atoms with Crippen LogP contribution < -0.4 is 10.6 Å². The summed E-state index contributed by atoms with van der Waals surface area (Å²) in [5.74, 6) is 0.797. The Balaban J connectivity index is 1.59. The summed E-state index contributed by atoms with van der Waals surface area (Å²) in [5.41, 5.74) is 6.08. The van der Waals surface area contributed by atoms with Gasteiger partial charge in [-0.15, -0.1) is 0 Å². The Bertz CT molecular complexity index is 954. The van der Waals surface area contributed by atoms with Gasteiger partial charge < -0.3 is 10.6 Å². The fourth-order valence-electron chi connectivity index (χ4n) is 3.53. The summed E-state index contributed by atoms with van der Waals surface area (Å²) in [6.45, 7) is 7.82. The summed E-state index contributed by atoms with van der Waals surface area (Å²) < 4.78 is 3.88. The molecule has 0 amide bonds. The lowest BCUT2D eigenvalue weighted by atomic mass is 10.1. The van der Waals surface area contributed by atoms with Crippen molar-refractivity contribution in [3.05, 3.63) is 70.8 Å². The fraction of sp³-hybridized carbons (Fsp3) is 0.409. The second kappa shape index (κ2) is 9.41. The quantitative estimate of drug-likeness (QED) is 0.478. The van der Waals surface area contributed by atoms with E-state index in [0.29, 0.717) is 6.54 Å². The molecule has 2 aromatic heterocycles. The first kappa shape index (κ1) is 20.6. The first-order chi connectivity index (χ1) is 14.0. The normalized spacial score (nSPS) is 12.8. The molecule has 0 aliphatic rings. The zero-order valence-corrected chi connectivity index (χ0v) is 18.0. The van der Waals surface area contributed by atoms with Gasteiger partial charge in [-0.25, -0.2) is 0 Å². The van der Waals surface area contributed by atoms with Crippen molar-refractivity contribution in [3.8, 4) is 0 Å². The molecule has 0 aliphatic heterocycles. The zero-order valence-electron chi connectivity index (χ0n) is 18.0. The van der Waals surface area contributed by atoms with Crippen molar-refractivity contribution in [2.75, 3.05) is 7.05 Å². The van der Waals surface area contributed by atoms with Crippen molar-refractivity contribution >= 4 is 5.96 Å². The molecule has 1 unspecified atom stereocenters. The molecule has 1 atom stereocenters. The highest BCUT2D eigenvalue weighted by atomic mass is 15.3. The van der Waals surface area contributed by atoms with Gasteiger partial charge in [0.05, 0.1) is 12.2 Å². The van der Waals surface area contributed by atoms with Crippen LogP contribution in [-0.4, -0.2) is 38.6 Å². The van der Waals surface area contributed by atoms with Gasteiger partial charge in [-0.1, -0.05) is 24.3 Å². The van der Waals surface area contributed by atoms with Crippen LogP contribution in [0.15, 0.2) is 47.7 Å². The molecule has 3 aromatic rings. The SMILES string of the molecule is CN=C(NCc1ccccc1Cn1cccn1)NC(C)Cc1c(C)nn(C)c1C. The lowest BCUT2D eigenvalue weighted by Gasteiger charge is -2.19. The zero-order chi connectivity index (χ0) is 20.8. The smallest absolute Gasteiger partial charge is 0.191 e. The van der Waals surface area contributed by atoms with Crippen molar-refractivity contribution < 1.29 is 0 Å². The highest BCUT2D eigenvalue weighted by Gasteiger charge is 2.14. The number of aromatic nitrogens is 4. The summed E-state index contributed by atoms with van der Waals surface area (Å²) in [4.78, 5) is 4.40. The minimum Gasteiger partial charge on any atom is -0.354 e. The number of hydrogen-bond donors (Lipinski definition) is 2. The molecule has 0 aliphatic carbocycles. The van der Waals surface area contributed by atoms with E-state index in [1.54, 1.807) is 13.2 Å². The molecule has 1 aromatic carbocycles. The molecule has 29 heavy (non-hydrogen) atoms. The standard InChI is InChI=1S/C22H31N7/c1-16(13-21-17(2)27-28(5)18(21)3)26-22(23-4)24-14-19-9-6-7-10-20(19)15-29-12-8-11-25-29/h6-12,16H,13-15H2,1-5H3,(H2,23,24,26). The molecule has 0 spiro atoms. The number of nitrogens with zero attached hydrogens (tertiary/aromatic N) is 5. The third-order valence-corrected chi connectivity index (χ3v) is 5.23. The van der Waals surface area contributed by atoms with E-state index in [4.69, 9.17) is 0 Å². The predicted octanol–water partition coefficient (Wildman–Crippen LogP) is 2.58. The minimum absolute atomic E-state index is 0.238. The molecule has 0 radical (unpaired) electrons. The lowest BCUT2D eigenvalue weighted by molar-refractivity contribution is 0.633. The largest absolute Gasteiger partial charge is 0.354 e. The molecule has 0 bridgehead atoms. The van der Waals surface area contributed by atoms with Gasteiger partial charge in [-0.3, -0.25) is 14.4 Å². The van der Waals surface area contributed by atoms with E-state index in [9.17, 15) is 0 Å². The van der Waals surface area contributed by atoms with E-state index in [1.807, 2.05) is 28.7 Å². The van der Waals surface area contributed by atoms with E-state index >= 15 is 0 Å². The maximum absolute atomic E-state index is 4.52. The van der Waals surface area contributed by atoms with Crippen molar-refractivity contribution in [1.82, 2.24) is 30.2 Å². The predicted molar refractivity (Wildman–Crippen MR) is 117 cm³/mol. The molecule has 7 heteroatoms. The second-order valence-electron chi connectivity index (χ2n) is 7.42. The Labute approximate surface area is 172 Å². The van der Waals surface area contributed by atoms with Crippen LogP contribution in [0.25, 0.3) is 0 Å². The van der Waals surface area contributed by atoms with Crippen LogP contribution >= 0.6 is 0 Å². The molecule has 0 fully saturated rings. The summed E-state index contributed by atoms with van der Waals surface area (Å²) in [6, 6.07) is 10.6. The molecule has 154 valence electrons. The van der Waals surface area contributed by atoms with Crippen LogP contribution in [0.3, 0.4) is 0 Å². The first-order valence-corrected chi connectivity index (χ1v) is 9.98. The Morgan fingerprint density at radius 2 is 1.93 bits per heavy atom.